The average molecular weight is 316 g/mol. The van der Waals surface area contributed by atoms with Gasteiger partial charge in [-0.3, -0.25) is 0 Å². The van der Waals surface area contributed by atoms with Crippen molar-refractivity contribution < 1.29 is 12.6 Å². The molecule has 8 nitrogen and oxygen atoms in total. The fourth-order valence-corrected chi connectivity index (χ4v) is 1.44. The molecule has 20 heavy (non-hydrogen) atoms. The van der Waals surface area contributed by atoms with E-state index in [9.17, 15) is 0 Å². The van der Waals surface area contributed by atoms with Crippen molar-refractivity contribution in [3.8, 4) is 0 Å². The molecule has 0 aliphatic carbocycles. The van der Waals surface area contributed by atoms with Crippen molar-refractivity contribution in [1.29, 1.82) is 0 Å². The molecule has 3 N–H and O–H groups in total. The van der Waals surface area contributed by atoms with Crippen molar-refractivity contribution in [2.75, 3.05) is 11.1 Å². The van der Waals surface area contributed by atoms with Crippen LogP contribution in [0.4, 0.5) is 17.6 Å². The molecule has 0 unspecified atom stereocenters. The minimum absolute atomic E-state index is 0.0719. The summed E-state index contributed by atoms with van der Waals surface area (Å²) in [6.45, 7) is 2.00. The van der Waals surface area contributed by atoms with Gasteiger partial charge in [-0.25, -0.2) is 0 Å². The zero-order valence-corrected chi connectivity index (χ0v) is 11.8. The highest BCUT2D eigenvalue weighted by atomic mass is 35.5. The molecular weight excluding hydrogens is 306 g/mol. The van der Waals surface area contributed by atoms with Crippen molar-refractivity contribution in [1.82, 2.24) is 15.0 Å². The monoisotopic (exact) mass is 315 g/mol. The Labute approximate surface area is 121 Å². The molecule has 0 bridgehead atoms. The SMILES string of the molecule is Cc1cccc(Nc2nc(N)nc(Cl)n2)c1.O=S(=O)=O. The number of hydrogen-bond donors (Lipinski definition) is 2. The van der Waals surface area contributed by atoms with Gasteiger partial charge in [-0.1, -0.05) is 12.1 Å². The van der Waals surface area contributed by atoms with Gasteiger partial charge in [0, 0.05) is 5.69 Å². The number of nitrogens with one attached hydrogen (secondary N) is 1. The molecule has 2 rings (SSSR count). The van der Waals surface area contributed by atoms with E-state index in [-0.39, 0.29) is 11.2 Å². The summed E-state index contributed by atoms with van der Waals surface area (Å²) in [4.78, 5) is 11.5. The Morgan fingerprint density at radius 1 is 1.20 bits per heavy atom. The van der Waals surface area contributed by atoms with Crippen LogP contribution in [-0.2, 0) is 10.6 Å². The summed E-state index contributed by atoms with van der Waals surface area (Å²) in [6.07, 6.45) is 0. The van der Waals surface area contributed by atoms with E-state index in [1.807, 2.05) is 31.2 Å². The standard InChI is InChI=1S/C10H10ClN5.O3S/c1-6-3-2-4-7(5-6)13-10-15-8(11)14-9(12)16-10;1-4(2)3/h2-5H,1H3,(H3,12,13,14,15,16);. The van der Waals surface area contributed by atoms with Gasteiger partial charge >= 0.3 is 10.6 Å². The third-order valence-corrected chi connectivity index (χ3v) is 2.07. The summed E-state index contributed by atoms with van der Waals surface area (Å²) >= 11 is 5.67. The second kappa shape index (κ2) is 7.36. The summed E-state index contributed by atoms with van der Waals surface area (Å²) in [5.41, 5.74) is 7.47. The topological polar surface area (TPSA) is 128 Å². The molecule has 1 heterocycles. The molecule has 0 atom stereocenters. The first-order valence-corrected chi connectivity index (χ1v) is 6.52. The third-order valence-electron chi connectivity index (χ3n) is 1.90. The molecule has 0 fully saturated rings. The summed E-state index contributed by atoms with van der Waals surface area (Å²) < 4.78 is 25.3. The van der Waals surface area contributed by atoms with Gasteiger partial charge in [-0.15, -0.1) is 12.6 Å². The van der Waals surface area contributed by atoms with Crippen LogP contribution in [0.25, 0.3) is 0 Å². The minimum atomic E-state index is -3.11. The molecule has 0 aliphatic heterocycles. The molecule has 0 spiro atoms. The van der Waals surface area contributed by atoms with E-state index in [0.29, 0.717) is 5.95 Å². The van der Waals surface area contributed by atoms with Crippen molar-refractivity contribution in [3.63, 3.8) is 0 Å². The Hall–Kier alpha value is -2.26. The van der Waals surface area contributed by atoms with Crippen molar-refractivity contribution in [3.05, 3.63) is 35.1 Å². The molecule has 0 saturated heterocycles. The Bertz CT molecular complexity index is 681. The van der Waals surface area contributed by atoms with Crippen LogP contribution in [0.5, 0.6) is 0 Å². The number of rotatable bonds is 2. The maximum absolute atomic E-state index is 8.44. The molecule has 0 radical (unpaired) electrons. The number of nitrogen functional groups attached to an aromatic ring is 1. The van der Waals surface area contributed by atoms with Crippen molar-refractivity contribution in [2.45, 2.75) is 6.92 Å². The molecule has 2 aromatic rings. The number of halogens is 1. The van der Waals surface area contributed by atoms with Gasteiger partial charge in [0.25, 0.3) is 0 Å². The molecular formula is C10H10ClN5O3S. The highest BCUT2D eigenvalue weighted by Crippen LogP contribution is 2.15. The number of aromatic nitrogens is 3. The predicted octanol–water partition coefficient (Wildman–Crippen LogP) is 1.16. The molecule has 10 heteroatoms. The first kappa shape index (κ1) is 15.8. The number of nitrogens with two attached hydrogens (primary N) is 1. The van der Waals surface area contributed by atoms with E-state index in [4.69, 9.17) is 30.0 Å². The fourth-order valence-electron chi connectivity index (χ4n) is 1.27. The average Bonchev–Trinajstić information content (AvgIpc) is 2.26. The number of aryl methyl sites for hydroxylation is 1. The van der Waals surface area contributed by atoms with Crippen LogP contribution in [0, 0.1) is 6.92 Å². The summed E-state index contributed by atoms with van der Waals surface area (Å²) in [5, 5.41) is 3.07. The van der Waals surface area contributed by atoms with Crippen LogP contribution in [0.1, 0.15) is 5.56 Å². The van der Waals surface area contributed by atoms with Crippen molar-refractivity contribution in [2.24, 2.45) is 0 Å². The van der Waals surface area contributed by atoms with Crippen LogP contribution < -0.4 is 11.1 Å². The maximum Gasteiger partial charge on any atom is 0.425 e. The molecule has 0 aliphatic rings. The zero-order valence-electron chi connectivity index (χ0n) is 10.2. The van der Waals surface area contributed by atoms with E-state index >= 15 is 0 Å². The first-order valence-electron chi connectivity index (χ1n) is 5.14. The summed E-state index contributed by atoms with van der Waals surface area (Å²) in [6, 6.07) is 7.80. The lowest BCUT2D eigenvalue weighted by molar-refractivity contribution is 0.559. The van der Waals surface area contributed by atoms with Gasteiger partial charge in [0.15, 0.2) is 0 Å². The quantitative estimate of drug-likeness (QED) is 0.844. The van der Waals surface area contributed by atoms with Gasteiger partial charge < -0.3 is 11.1 Å². The van der Waals surface area contributed by atoms with Gasteiger partial charge in [-0.05, 0) is 36.2 Å². The Kier molecular flexibility index (Phi) is 5.81. The maximum atomic E-state index is 8.44. The number of benzene rings is 1. The highest BCUT2D eigenvalue weighted by Gasteiger charge is 2.02. The molecule has 1 aromatic carbocycles. The highest BCUT2D eigenvalue weighted by molar-refractivity contribution is 7.59. The van der Waals surface area contributed by atoms with Crippen molar-refractivity contribution >= 4 is 39.8 Å². The second-order valence-electron chi connectivity index (χ2n) is 3.48. The molecule has 0 saturated carbocycles. The van der Waals surface area contributed by atoms with E-state index in [2.05, 4.69) is 20.3 Å². The van der Waals surface area contributed by atoms with Crippen LogP contribution in [0.3, 0.4) is 0 Å². The zero-order chi connectivity index (χ0) is 15.1. The van der Waals surface area contributed by atoms with E-state index in [1.165, 1.54) is 0 Å². The molecule has 1 aromatic heterocycles. The van der Waals surface area contributed by atoms with Crippen LogP contribution >= 0.6 is 11.6 Å². The van der Waals surface area contributed by atoms with E-state index in [0.717, 1.165) is 11.3 Å². The molecule has 106 valence electrons. The van der Waals surface area contributed by atoms with Gasteiger partial charge in [-0.2, -0.15) is 15.0 Å². The second-order valence-corrected chi connectivity index (χ2v) is 4.23. The lowest BCUT2D eigenvalue weighted by Crippen LogP contribution is -2.03. The van der Waals surface area contributed by atoms with Crippen LogP contribution in [0.2, 0.25) is 5.28 Å². The van der Waals surface area contributed by atoms with E-state index < -0.39 is 10.6 Å². The Morgan fingerprint density at radius 2 is 1.85 bits per heavy atom. The third kappa shape index (κ3) is 6.07. The largest absolute Gasteiger partial charge is 0.425 e. The lowest BCUT2D eigenvalue weighted by Gasteiger charge is -2.05. The Balaban J connectivity index is 0.000000444. The van der Waals surface area contributed by atoms with Crippen LogP contribution in [0.15, 0.2) is 24.3 Å². The molecule has 0 amide bonds. The van der Waals surface area contributed by atoms with Crippen LogP contribution in [-0.4, -0.2) is 27.6 Å². The predicted molar refractivity (Wildman–Crippen MR) is 73.4 cm³/mol. The Morgan fingerprint density at radius 3 is 2.40 bits per heavy atom. The van der Waals surface area contributed by atoms with Gasteiger partial charge in [0.05, 0.1) is 0 Å². The fraction of sp³-hybridized carbons (Fsp3) is 0.100. The smallest absolute Gasteiger partial charge is 0.368 e. The summed E-state index contributed by atoms with van der Waals surface area (Å²) in [7, 11) is -3.11. The number of hydrogen-bond acceptors (Lipinski definition) is 8. The lowest BCUT2D eigenvalue weighted by atomic mass is 10.2. The minimum Gasteiger partial charge on any atom is -0.368 e. The number of anilines is 3. The number of nitrogens with zero attached hydrogens (tertiary/aromatic N) is 3. The first-order chi connectivity index (χ1) is 9.36. The van der Waals surface area contributed by atoms with Gasteiger partial charge in [0.2, 0.25) is 17.2 Å². The van der Waals surface area contributed by atoms with Gasteiger partial charge in [0.1, 0.15) is 0 Å². The summed E-state index contributed by atoms with van der Waals surface area (Å²) in [5.74, 6) is 0.429. The van der Waals surface area contributed by atoms with E-state index in [1.54, 1.807) is 0 Å². The normalized spacial score (nSPS) is 9.30.